The van der Waals surface area contributed by atoms with Crippen LogP contribution < -0.4 is 10.5 Å². The van der Waals surface area contributed by atoms with Crippen molar-refractivity contribution in [2.24, 2.45) is 17.1 Å². The van der Waals surface area contributed by atoms with E-state index in [4.69, 9.17) is 10.5 Å². The molecule has 0 heterocycles. The fourth-order valence-electron chi connectivity index (χ4n) is 2.04. The van der Waals surface area contributed by atoms with Gasteiger partial charge >= 0.3 is 0 Å². The normalized spacial score (nSPS) is 14.6. The summed E-state index contributed by atoms with van der Waals surface area (Å²) in [6.45, 7) is 4.78. The Kier molecular flexibility index (Phi) is 5.63. The number of halogens is 1. The number of ether oxygens (including phenoxy) is 1. The minimum Gasteiger partial charge on any atom is -0.496 e. The van der Waals surface area contributed by atoms with Crippen molar-refractivity contribution in [3.63, 3.8) is 0 Å². The average Bonchev–Trinajstić information content (AvgIpc) is 2.36. The van der Waals surface area contributed by atoms with E-state index in [-0.39, 0.29) is 12.0 Å². The first-order valence-electron chi connectivity index (χ1n) is 6.12. The molecule has 1 aromatic rings. The first-order valence-corrected chi connectivity index (χ1v) is 6.91. The van der Waals surface area contributed by atoms with Crippen molar-refractivity contribution in [2.45, 2.75) is 20.3 Å². The largest absolute Gasteiger partial charge is 0.496 e. The fraction of sp³-hybridized carbons (Fsp3) is 0.571. The number of hydrogen-bond acceptors (Lipinski definition) is 3. The van der Waals surface area contributed by atoms with E-state index in [9.17, 15) is 5.11 Å². The highest BCUT2D eigenvalue weighted by atomic mass is 79.9. The van der Waals surface area contributed by atoms with Crippen LogP contribution in [0, 0.1) is 11.3 Å². The summed E-state index contributed by atoms with van der Waals surface area (Å²) in [5.74, 6) is 1.14. The molecule has 4 heteroatoms. The Morgan fingerprint density at radius 2 is 2.11 bits per heavy atom. The lowest BCUT2D eigenvalue weighted by Crippen LogP contribution is -2.41. The number of hydrogen-bond donors (Lipinski definition) is 2. The zero-order chi connectivity index (χ0) is 13.8. The standard InChI is InChI=1S/C14H22BrNO2/c1-10(2)14(8-16,9-17)7-11-4-5-13(18-3)12(15)6-11/h4-6,10,17H,7-9,16H2,1-3H3. The molecular formula is C14H22BrNO2. The molecule has 0 amide bonds. The van der Waals surface area contributed by atoms with Crippen LogP contribution in [0.25, 0.3) is 0 Å². The Balaban J connectivity index is 2.98. The van der Waals surface area contributed by atoms with Crippen molar-refractivity contribution >= 4 is 15.9 Å². The van der Waals surface area contributed by atoms with Crippen molar-refractivity contribution in [3.05, 3.63) is 28.2 Å². The molecule has 0 aromatic heterocycles. The maximum absolute atomic E-state index is 9.66. The molecule has 0 aliphatic rings. The molecule has 102 valence electrons. The summed E-state index contributed by atoms with van der Waals surface area (Å²) in [5, 5.41) is 9.66. The van der Waals surface area contributed by atoms with Crippen LogP contribution in [0.1, 0.15) is 19.4 Å². The van der Waals surface area contributed by atoms with Gasteiger partial charge < -0.3 is 15.6 Å². The summed E-state index contributed by atoms with van der Waals surface area (Å²) < 4.78 is 6.14. The summed E-state index contributed by atoms with van der Waals surface area (Å²) in [6, 6.07) is 5.98. The van der Waals surface area contributed by atoms with Gasteiger partial charge in [-0.3, -0.25) is 0 Å². The van der Waals surface area contributed by atoms with Gasteiger partial charge in [0.2, 0.25) is 0 Å². The van der Waals surface area contributed by atoms with Gasteiger partial charge in [0.25, 0.3) is 0 Å². The summed E-state index contributed by atoms with van der Waals surface area (Å²) in [6.07, 6.45) is 0.764. The number of rotatable bonds is 6. The molecule has 0 aliphatic heterocycles. The summed E-state index contributed by atoms with van der Waals surface area (Å²) in [7, 11) is 1.64. The molecule has 0 fully saturated rings. The molecule has 1 unspecified atom stereocenters. The van der Waals surface area contributed by atoms with Crippen molar-refractivity contribution < 1.29 is 9.84 Å². The minimum absolute atomic E-state index is 0.102. The van der Waals surface area contributed by atoms with Gasteiger partial charge in [-0.15, -0.1) is 0 Å². The fourth-order valence-corrected chi connectivity index (χ4v) is 2.63. The monoisotopic (exact) mass is 315 g/mol. The zero-order valence-electron chi connectivity index (χ0n) is 11.2. The van der Waals surface area contributed by atoms with Gasteiger partial charge in [-0.25, -0.2) is 0 Å². The topological polar surface area (TPSA) is 55.5 Å². The van der Waals surface area contributed by atoms with Gasteiger partial charge in [-0.2, -0.15) is 0 Å². The number of aliphatic hydroxyl groups excluding tert-OH is 1. The molecule has 3 nitrogen and oxygen atoms in total. The molecule has 0 saturated carbocycles. The molecule has 3 N–H and O–H groups in total. The van der Waals surface area contributed by atoms with Gasteiger partial charge in [0.05, 0.1) is 18.2 Å². The number of methoxy groups -OCH3 is 1. The number of benzene rings is 1. The molecule has 1 atom stereocenters. The second kappa shape index (κ2) is 6.55. The average molecular weight is 316 g/mol. The predicted octanol–water partition coefficient (Wildman–Crippen LogP) is 2.59. The predicted molar refractivity (Wildman–Crippen MR) is 77.8 cm³/mol. The highest BCUT2D eigenvalue weighted by Gasteiger charge is 2.32. The smallest absolute Gasteiger partial charge is 0.133 e. The van der Waals surface area contributed by atoms with Gasteiger partial charge in [0.15, 0.2) is 0 Å². The molecule has 18 heavy (non-hydrogen) atoms. The molecule has 0 aliphatic carbocycles. The van der Waals surface area contributed by atoms with Gasteiger partial charge in [0, 0.05) is 12.0 Å². The third-order valence-corrected chi connectivity index (χ3v) is 4.34. The Bertz CT molecular complexity index is 389. The second-order valence-corrected chi connectivity index (χ2v) is 5.88. The van der Waals surface area contributed by atoms with Crippen molar-refractivity contribution in [1.29, 1.82) is 0 Å². The lowest BCUT2D eigenvalue weighted by atomic mass is 9.73. The lowest BCUT2D eigenvalue weighted by molar-refractivity contribution is 0.0842. The van der Waals surface area contributed by atoms with E-state index in [0.717, 1.165) is 22.2 Å². The highest BCUT2D eigenvalue weighted by Crippen LogP contribution is 2.33. The first-order chi connectivity index (χ1) is 8.49. The van der Waals surface area contributed by atoms with E-state index in [0.29, 0.717) is 12.5 Å². The Labute approximate surface area is 117 Å². The van der Waals surface area contributed by atoms with E-state index in [2.05, 4.69) is 29.8 Å². The third kappa shape index (κ3) is 3.25. The van der Waals surface area contributed by atoms with E-state index < -0.39 is 0 Å². The first kappa shape index (κ1) is 15.5. The van der Waals surface area contributed by atoms with Crippen LogP contribution in [0.2, 0.25) is 0 Å². The minimum atomic E-state index is -0.256. The van der Waals surface area contributed by atoms with Crippen LogP contribution in [0.3, 0.4) is 0 Å². The van der Waals surface area contributed by atoms with Gasteiger partial charge in [-0.1, -0.05) is 19.9 Å². The SMILES string of the molecule is COc1ccc(CC(CN)(CO)C(C)C)cc1Br. The summed E-state index contributed by atoms with van der Waals surface area (Å²) >= 11 is 3.48. The zero-order valence-corrected chi connectivity index (χ0v) is 12.8. The van der Waals surface area contributed by atoms with Crippen LogP contribution in [0.15, 0.2) is 22.7 Å². The molecule has 0 radical (unpaired) electrons. The van der Waals surface area contributed by atoms with E-state index in [1.54, 1.807) is 7.11 Å². The molecule has 0 saturated heterocycles. The number of aliphatic hydroxyl groups is 1. The summed E-state index contributed by atoms with van der Waals surface area (Å²) in [4.78, 5) is 0. The van der Waals surface area contributed by atoms with Crippen LogP contribution in [-0.2, 0) is 6.42 Å². The van der Waals surface area contributed by atoms with Crippen molar-refractivity contribution in [2.75, 3.05) is 20.3 Å². The van der Waals surface area contributed by atoms with Crippen LogP contribution in [-0.4, -0.2) is 25.4 Å². The van der Waals surface area contributed by atoms with Crippen molar-refractivity contribution in [3.8, 4) is 5.75 Å². The molecular weight excluding hydrogens is 294 g/mol. The molecule has 1 rings (SSSR count). The Morgan fingerprint density at radius 3 is 2.50 bits per heavy atom. The third-order valence-electron chi connectivity index (χ3n) is 3.72. The van der Waals surface area contributed by atoms with Gasteiger partial charge in [0.1, 0.15) is 5.75 Å². The Morgan fingerprint density at radius 1 is 1.44 bits per heavy atom. The summed E-state index contributed by atoms with van der Waals surface area (Å²) in [5.41, 5.74) is 6.76. The highest BCUT2D eigenvalue weighted by molar-refractivity contribution is 9.10. The van der Waals surface area contributed by atoms with Gasteiger partial charge in [-0.05, 0) is 46.0 Å². The van der Waals surface area contributed by atoms with E-state index in [1.165, 1.54) is 0 Å². The van der Waals surface area contributed by atoms with E-state index >= 15 is 0 Å². The van der Waals surface area contributed by atoms with E-state index in [1.807, 2.05) is 18.2 Å². The molecule has 0 bridgehead atoms. The quantitative estimate of drug-likeness (QED) is 0.848. The molecule has 0 spiro atoms. The number of nitrogens with two attached hydrogens (primary N) is 1. The maximum Gasteiger partial charge on any atom is 0.133 e. The van der Waals surface area contributed by atoms with Crippen LogP contribution in [0.4, 0.5) is 0 Å². The van der Waals surface area contributed by atoms with Crippen LogP contribution in [0.5, 0.6) is 5.75 Å². The second-order valence-electron chi connectivity index (χ2n) is 5.02. The maximum atomic E-state index is 9.66. The molecule has 1 aromatic carbocycles. The van der Waals surface area contributed by atoms with Crippen LogP contribution >= 0.6 is 15.9 Å². The van der Waals surface area contributed by atoms with Crippen molar-refractivity contribution in [1.82, 2.24) is 0 Å². The Hall–Kier alpha value is -0.580. The lowest BCUT2D eigenvalue weighted by Gasteiger charge is -2.35.